The van der Waals surface area contributed by atoms with Gasteiger partial charge in [-0.1, -0.05) is 33.3 Å². The van der Waals surface area contributed by atoms with E-state index in [9.17, 15) is 0 Å². The summed E-state index contributed by atoms with van der Waals surface area (Å²) in [5.41, 5.74) is 7.34. The van der Waals surface area contributed by atoms with E-state index in [-0.39, 0.29) is 0 Å². The van der Waals surface area contributed by atoms with Crippen molar-refractivity contribution in [2.75, 3.05) is 0 Å². The van der Waals surface area contributed by atoms with Crippen molar-refractivity contribution in [1.29, 1.82) is 0 Å². The topological polar surface area (TPSA) is 12.9 Å². The summed E-state index contributed by atoms with van der Waals surface area (Å²) in [6.45, 7) is 18.5. The fourth-order valence-electron chi connectivity index (χ4n) is 3.61. The Kier molecular flexibility index (Phi) is 5.42. The third-order valence-electron chi connectivity index (χ3n) is 5.07. The van der Waals surface area contributed by atoms with Crippen molar-refractivity contribution in [1.82, 2.24) is 4.98 Å². The molecule has 2 rings (SSSR count). The molecule has 1 unspecified atom stereocenters. The Morgan fingerprint density at radius 2 is 1.73 bits per heavy atom. The van der Waals surface area contributed by atoms with Gasteiger partial charge in [-0.05, 0) is 73.5 Å². The van der Waals surface area contributed by atoms with E-state index in [0.29, 0.717) is 23.0 Å². The van der Waals surface area contributed by atoms with Gasteiger partial charge < -0.3 is 0 Å². The van der Waals surface area contributed by atoms with Crippen molar-refractivity contribution in [2.45, 2.75) is 78.9 Å². The zero-order chi connectivity index (χ0) is 16.6. The number of fused-ring (bicyclic) bond motifs is 1. The van der Waals surface area contributed by atoms with Crippen molar-refractivity contribution in [3.05, 3.63) is 39.1 Å². The number of pyridine rings is 1. The average molecular weight is 318 g/mol. The third-order valence-corrected chi connectivity index (χ3v) is 6.36. The summed E-state index contributed by atoms with van der Waals surface area (Å²) < 4.78 is 0. The maximum absolute atomic E-state index is 4.74. The summed E-state index contributed by atoms with van der Waals surface area (Å²) in [6, 6.07) is 0. The Morgan fingerprint density at radius 3 is 2.27 bits per heavy atom. The summed E-state index contributed by atoms with van der Waals surface area (Å²) in [5, 5.41) is 0.484. The highest BCUT2D eigenvalue weighted by atomic mass is 32.2. The van der Waals surface area contributed by atoms with Crippen LogP contribution in [-0.2, 0) is 0 Å². The van der Waals surface area contributed by atoms with Crippen LogP contribution in [-0.4, -0.2) is 4.98 Å². The molecule has 22 heavy (non-hydrogen) atoms. The quantitative estimate of drug-likeness (QED) is 0.598. The number of hydrogen-bond acceptors (Lipinski definition) is 2. The summed E-state index contributed by atoms with van der Waals surface area (Å²) >= 11 is 2.01. The van der Waals surface area contributed by atoms with E-state index >= 15 is 0 Å². The van der Waals surface area contributed by atoms with E-state index in [1.807, 2.05) is 11.8 Å². The van der Waals surface area contributed by atoms with Crippen molar-refractivity contribution >= 4 is 11.8 Å². The number of nitrogens with zero attached hydrogens (tertiary/aromatic N) is 1. The molecule has 0 amide bonds. The minimum Gasteiger partial charge on any atom is -0.261 e. The molecule has 2 heteroatoms. The Labute approximate surface area is 141 Å². The second kappa shape index (κ2) is 6.78. The largest absolute Gasteiger partial charge is 0.261 e. The molecule has 122 valence electrons. The standard InChI is InChI=1S/C20H31NS/c1-11(2)17-9-13(5)15(7)22-16(8)19-14(6)21-10-18(12(3)4)20(17)19/h10-12,16-17H,9H2,1-8H3/b15-13-/t16-,17?/m0/s1. The van der Waals surface area contributed by atoms with Crippen LogP contribution in [0, 0.1) is 12.8 Å². The van der Waals surface area contributed by atoms with Crippen LogP contribution in [0.25, 0.3) is 0 Å². The molecule has 1 aliphatic heterocycles. The van der Waals surface area contributed by atoms with E-state index in [4.69, 9.17) is 4.98 Å². The molecule has 2 heterocycles. The molecule has 1 aliphatic rings. The van der Waals surface area contributed by atoms with Crippen LogP contribution in [0.3, 0.4) is 0 Å². The Balaban J connectivity index is 2.75. The van der Waals surface area contributed by atoms with Gasteiger partial charge in [-0.25, -0.2) is 0 Å². The van der Waals surface area contributed by atoms with Gasteiger partial charge in [0.1, 0.15) is 0 Å². The second-order valence-corrected chi connectivity index (χ2v) is 8.99. The van der Waals surface area contributed by atoms with Crippen LogP contribution in [0.5, 0.6) is 0 Å². The molecule has 1 aromatic heterocycles. The molecule has 0 saturated carbocycles. The average Bonchev–Trinajstić information content (AvgIpc) is 2.41. The van der Waals surface area contributed by atoms with Crippen molar-refractivity contribution in [3.63, 3.8) is 0 Å². The number of thioether (sulfide) groups is 1. The highest BCUT2D eigenvalue weighted by Gasteiger charge is 2.30. The van der Waals surface area contributed by atoms with Gasteiger partial charge in [-0.15, -0.1) is 11.8 Å². The van der Waals surface area contributed by atoms with Crippen molar-refractivity contribution in [2.24, 2.45) is 5.92 Å². The predicted molar refractivity (Wildman–Crippen MR) is 99.6 cm³/mol. The van der Waals surface area contributed by atoms with Gasteiger partial charge in [0.05, 0.1) is 0 Å². The minimum absolute atomic E-state index is 0.484. The van der Waals surface area contributed by atoms with Crippen LogP contribution < -0.4 is 0 Å². The molecule has 0 aromatic carbocycles. The Hall–Kier alpha value is -0.760. The first-order valence-corrected chi connectivity index (χ1v) is 9.44. The lowest BCUT2D eigenvalue weighted by Crippen LogP contribution is -2.18. The molecular weight excluding hydrogens is 286 g/mol. The van der Waals surface area contributed by atoms with E-state index < -0.39 is 0 Å². The van der Waals surface area contributed by atoms with Crippen LogP contribution in [0.1, 0.15) is 94.4 Å². The maximum atomic E-state index is 4.74. The van der Waals surface area contributed by atoms with Gasteiger partial charge in [0.2, 0.25) is 0 Å². The highest BCUT2D eigenvalue weighted by molar-refractivity contribution is 8.03. The van der Waals surface area contributed by atoms with Crippen molar-refractivity contribution < 1.29 is 0 Å². The zero-order valence-electron chi connectivity index (χ0n) is 15.4. The maximum Gasteiger partial charge on any atom is 0.0418 e. The van der Waals surface area contributed by atoms with E-state index in [0.717, 1.165) is 0 Å². The molecule has 1 nitrogen and oxygen atoms in total. The molecule has 0 fully saturated rings. The molecule has 0 saturated heterocycles. The zero-order valence-corrected chi connectivity index (χ0v) is 16.3. The molecular formula is C20H31NS. The summed E-state index contributed by atoms with van der Waals surface area (Å²) in [7, 11) is 0. The summed E-state index contributed by atoms with van der Waals surface area (Å²) in [4.78, 5) is 6.24. The first-order chi connectivity index (χ1) is 10.2. The summed E-state index contributed by atoms with van der Waals surface area (Å²) in [5.74, 6) is 1.79. The second-order valence-electron chi connectivity index (χ2n) is 7.43. The molecule has 0 aliphatic carbocycles. The molecule has 2 atom stereocenters. The summed E-state index contributed by atoms with van der Waals surface area (Å²) in [6.07, 6.45) is 3.32. The fourth-order valence-corrected chi connectivity index (χ4v) is 4.84. The van der Waals surface area contributed by atoms with E-state index in [1.54, 1.807) is 11.1 Å². The molecule has 1 aromatic rings. The van der Waals surface area contributed by atoms with Gasteiger partial charge in [0.25, 0.3) is 0 Å². The smallest absolute Gasteiger partial charge is 0.0418 e. The monoisotopic (exact) mass is 317 g/mol. The lowest BCUT2D eigenvalue weighted by molar-refractivity contribution is 0.482. The Bertz CT molecular complexity index is 584. The highest BCUT2D eigenvalue weighted by Crippen LogP contribution is 2.48. The van der Waals surface area contributed by atoms with Crippen LogP contribution in [0.4, 0.5) is 0 Å². The van der Waals surface area contributed by atoms with Gasteiger partial charge in [-0.2, -0.15) is 0 Å². The Morgan fingerprint density at radius 1 is 1.09 bits per heavy atom. The molecule has 0 N–H and O–H groups in total. The number of rotatable bonds is 2. The van der Waals surface area contributed by atoms with Crippen LogP contribution in [0.2, 0.25) is 0 Å². The molecule has 0 bridgehead atoms. The lowest BCUT2D eigenvalue weighted by atomic mass is 9.76. The van der Waals surface area contributed by atoms with Crippen LogP contribution in [0.15, 0.2) is 16.7 Å². The van der Waals surface area contributed by atoms with E-state index in [2.05, 4.69) is 61.6 Å². The first kappa shape index (κ1) is 17.6. The number of allylic oxidation sites excluding steroid dienone is 2. The number of hydrogen-bond donors (Lipinski definition) is 0. The number of aromatic nitrogens is 1. The normalized spacial score (nSPS) is 26.1. The van der Waals surface area contributed by atoms with E-state index in [1.165, 1.54) is 28.1 Å². The first-order valence-electron chi connectivity index (χ1n) is 8.56. The minimum atomic E-state index is 0.484. The van der Waals surface area contributed by atoms with Gasteiger partial charge in [-0.3, -0.25) is 4.98 Å². The molecule has 0 radical (unpaired) electrons. The van der Waals surface area contributed by atoms with Gasteiger partial charge in [0.15, 0.2) is 0 Å². The lowest BCUT2D eigenvalue weighted by Gasteiger charge is -2.33. The molecule has 0 spiro atoms. The predicted octanol–water partition coefficient (Wildman–Crippen LogP) is 6.74. The number of aryl methyl sites for hydroxylation is 1. The SMILES string of the molecule is C/C1=C(\C)S[C@@H](C)c2c(C)ncc(C(C)C)c2C(C(C)C)C1. The van der Waals surface area contributed by atoms with Crippen LogP contribution >= 0.6 is 11.8 Å². The van der Waals surface area contributed by atoms with Crippen molar-refractivity contribution in [3.8, 4) is 0 Å². The van der Waals surface area contributed by atoms with Gasteiger partial charge in [0, 0.05) is 17.1 Å². The van der Waals surface area contributed by atoms with Gasteiger partial charge >= 0.3 is 0 Å². The third kappa shape index (κ3) is 3.27. The fraction of sp³-hybridized carbons (Fsp3) is 0.650.